The van der Waals surface area contributed by atoms with E-state index in [4.69, 9.17) is 9.47 Å². The first-order valence-electron chi connectivity index (χ1n) is 5.22. The standard InChI is InChI=1S/C11H18O4/c1-13-9-5-3-4-6-10(8-7-9)15-11(12)14-2/h7-10H,3-6H2,1-2H3/b8-7+. The number of hydrogen-bond acceptors (Lipinski definition) is 4. The third-order valence-corrected chi connectivity index (χ3v) is 2.48. The second-order valence-electron chi connectivity index (χ2n) is 3.55. The van der Waals surface area contributed by atoms with Gasteiger partial charge in [0.2, 0.25) is 0 Å². The van der Waals surface area contributed by atoms with Gasteiger partial charge in [0.05, 0.1) is 13.2 Å². The van der Waals surface area contributed by atoms with Crippen LogP contribution >= 0.6 is 0 Å². The highest BCUT2D eigenvalue weighted by Gasteiger charge is 2.15. The predicted molar refractivity (Wildman–Crippen MR) is 55.7 cm³/mol. The van der Waals surface area contributed by atoms with Crippen molar-refractivity contribution in [2.24, 2.45) is 0 Å². The predicted octanol–water partition coefficient (Wildman–Crippen LogP) is 2.28. The lowest BCUT2D eigenvalue weighted by Crippen LogP contribution is -2.19. The second kappa shape index (κ2) is 6.45. The highest BCUT2D eigenvalue weighted by molar-refractivity contribution is 5.60. The molecule has 0 heterocycles. The van der Waals surface area contributed by atoms with Crippen LogP contribution in [0.2, 0.25) is 0 Å². The van der Waals surface area contributed by atoms with E-state index in [1.165, 1.54) is 7.11 Å². The molecule has 1 rings (SSSR count). The summed E-state index contributed by atoms with van der Waals surface area (Å²) in [5.41, 5.74) is 0. The van der Waals surface area contributed by atoms with Gasteiger partial charge in [0, 0.05) is 7.11 Å². The molecule has 0 aliphatic heterocycles. The van der Waals surface area contributed by atoms with Crippen molar-refractivity contribution in [3.05, 3.63) is 12.2 Å². The van der Waals surface area contributed by atoms with Gasteiger partial charge >= 0.3 is 6.16 Å². The van der Waals surface area contributed by atoms with Crippen molar-refractivity contribution in [3.8, 4) is 0 Å². The molecule has 4 nitrogen and oxygen atoms in total. The maximum atomic E-state index is 10.9. The van der Waals surface area contributed by atoms with E-state index < -0.39 is 6.16 Å². The summed E-state index contributed by atoms with van der Waals surface area (Å²) >= 11 is 0. The van der Waals surface area contributed by atoms with Crippen LogP contribution in [0.4, 0.5) is 4.79 Å². The maximum Gasteiger partial charge on any atom is 0.508 e. The molecule has 2 atom stereocenters. The molecule has 2 unspecified atom stereocenters. The van der Waals surface area contributed by atoms with Crippen molar-refractivity contribution in [3.63, 3.8) is 0 Å². The van der Waals surface area contributed by atoms with Crippen molar-refractivity contribution in [1.29, 1.82) is 0 Å². The fourth-order valence-electron chi connectivity index (χ4n) is 1.60. The van der Waals surface area contributed by atoms with Crippen molar-refractivity contribution < 1.29 is 19.0 Å². The molecule has 0 N–H and O–H groups in total. The highest BCUT2D eigenvalue weighted by Crippen LogP contribution is 2.16. The second-order valence-corrected chi connectivity index (χ2v) is 3.55. The summed E-state index contributed by atoms with van der Waals surface area (Å²) in [6.07, 6.45) is 7.15. The Labute approximate surface area is 90.2 Å². The number of rotatable bonds is 2. The summed E-state index contributed by atoms with van der Waals surface area (Å²) in [5, 5.41) is 0. The molecule has 86 valence electrons. The fourth-order valence-corrected chi connectivity index (χ4v) is 1.60. The van der Waals surface area contributed by atoms with Gasteiger partial charge in [-0.1, -0.05) is 12.5 Å². The average molecular weight is 214 g/mol. The van der Waals surface area contributed by atoms with E-state index in [1.54, 1.807) is 7.11 Å². The van der Waals surface area contributed by atoms with Gasteiger partial charge in [-0.15, -0.1) is 0 Å². The van der Waals surface area contributed by atoms with Crippen LogP contribution in [0.3, 0.4) is 0 Å². The van der Waals surface area contributed by atoms with Crippen LogP contribution in [-0.4, -0.2) is 32.6 Å². The lowest BCUT2D eigenvalue weighted by atomic mass is 10.0. The first kappa shape index (κ1) is 12.0. The van der Waals surface area contributed by atoms with E-state index in [2.05, 4.69) is 4.74 Å². The van der Waals surface area contributed by atoms with Crippen molar-refractivity contribution in [1.82, 2.24) is 0 Å². The first-order valence-corrected chi connectivity index (χ1v) is 5.22. The summed E-state index contributed by atoms with van der Waals surface area (Å²) in [6.45, 7) is 0. The normalized spacial score (nSPS) is 28.7. The average Bonchev–Trinajstić information content (AvgIpc) is 2.22. The Morgan fingerprint density at radius 1 is 1.13 bits per heavy atom. The summed E-state index contributed by atoms with van der Waals surface area (Å²) in [5.74, 6) is 0. The SMILES string of the molecule is COC(=O)OC1/C=C/C(OC)CCCC1. The molecule has 0 radical (unpaired) electrons. The molecule has 4 heteroatoms. The lowest BCUT2D eigenvalue weighted by Gasteiger charge is -2.18. The largest absolute Gasteiger partial charge is 0.508 e. The molecule has 0 aromatic carbocycles. The van der Waals surface area contributed by atoms with Gasteiger partial charge < -0.3 is 14.2 Å². The topological polar surface area (TPSA) is 44.8 Å². The molecule has 0 fully saturated rings. The van der Waals surface area contributed by atoms with Crippen LogP contribution in [0.25, 0.3) is 0 Å². The Hall–Kier alpha value is -1.03. The van der Waals surface area contributed by atoms with Crippen LogP contribution < -0.4 is 0 Å². The van der Waals surface area contributed by atoms with Crippen molar-refractivity contribution in [2.45, 2.75) is 37.9 Å². The summed E-state index contributed by atoms with van der Waals surface area (Å²) < 4.78 is 14.8. The Kier molecular flexibility index (Phi) is 5.18. The molecule has 0 saturated heterocycles. The van der Waals surface area contributed by atoms with E-state index in [9.17, 15) is 4.79 Å². The molecule has 0 amide bonds. The third-order valence-electron chi connectivity index (χ3n) is 2.48. The van der Waals surface area contributed by atoms with Crippen LogP contribution in [-0.2, 0) is 14.2 Å². The minimum Gasteiger partial charge on any atom is -0.438 e. The number of methoxy groups -OCH3 is 2. The molecule has 15 heavy (non-hydrogen) atoms. The molecule has 1 aliphatic carbocycles. The summed E-state index contributed by atoms with van der Waals surface area (Å²) in [6, 6.07) is 0. The van der Waals surface area contributed by atoms with E-state index in [0.29, 0.717) is 0 Å². The molecule has 0 saturated carbocycles. The van der Waals surface area contributed by atoms with Gasteiger partial charge in [-0.25, -0.2) is 4.79 Å². The van der Waals surface area contributed by atoms with Gasteiger partial charge in [-0.2, -0.15) is 0 Å². The Morgan fingerprint density at radius 2 is 1.73 bits per heavy atom. The number of ether oxygens (including phenoxy) is 3. The first-order chi connectivity index (χ1) is 7.26. The lowest BCUT2D eigenvalue weighted by molar-refractivity contribution is 0.0464. The van der Waals surface area contributed by atoms with E-state index in [0.717, 1.165) is 25.7 Å². The number of carbonyl (C=O) groups excluding carboxylic acids is 1. The van der Waals surface area contributed by atoms with Crippen molar-refractivity contribution in [2.75, 3.05) is 14.2 Å². The molecular formula is C11H18O4. The van der Waals surface area contributed by atoms with Crippen LogP contribution in [0.1, 0.15) is 25.7 Å². The molecule has 1 aliphatic rings. The van der Waals surface area contributed by atoms with Gasteiger partial charge in [0.1, 0.15) is 6.10 Å². The third kappa shape index (κ3) is 4.34. The van der Waals surface area contributed by atoms with Crippen LogP contribution in [0.5, 0.6) is 0 Å². The van der Waals surface area contributed by atoms with Crippen molar-refractivity contribution >= 4 is 6.16 Å². The zero-order chi connectivity index (χ0) is 11.1. The smallest absolute Gasteiger partial charge is 0.438 e. The number of carbonyl (C=O) groups is 1. The maximum absolute atomic E-state index is 10.9. The summed E-state index contributed by atoms with van der Waals surface area (Å²) in [4.78, 5) is 10.9. The van der Waals surface area contributed by atoms with E-state index in [-0.39, 0.29) is 12.2 Å². The Morgan fingerprint density at radius 3 is 2.33 bits per heavy atom. The Balaban J connectivity index is 2.48. The van der Waals surface area contributed by atoms with Crippen LogP contribution in [0, 0.1) is 0 Å². The zero-order valence-electron chi connectivity index (χ0n) is 9.27. The highest BCUT2D eigenvalue weighted by atomic mass is 16.7. The zero-order valence-corrected chi connectivity index (χ0v) is 9.27. The Bertz CT molecular complexity index is 225. The molecule has 0 aromatic heterocycles. The number of hydrogen-bond donors (Lipinski definition) is 0. The monoisotopic (exact) mass is 214 g/mol. The molecule has 0 bridgehead atoms. The van der Waals surface area contributed by atoms with Gasteiger partial charge in [0.25, 0.3) is 0 Å². The van der Waals surface area contributed by atoms with Gasteiger partial charge in [-0.05, 0) is 25.3 Å². The van der Waals surface area contributed by atoms with Gasteiger partial charge in [-0.3, -0.25) is 0 Å². The molecule has 0 aromatic rings. The van der Waals surface area contributed by atoms with E-state index >= 15 is 0 Å². The molecule has 0 spiro atoms. The quantitative estimate of drug-likeness (QED) is 0.522. The fraction of sp³-hybridized carbons (Fsp3) is 0.727. The van der Waals surface area contributed by atoms with Gasteiger partial charge in [0.15, 0.2) is 0 Å². The van der Waals surface area contributed by atoms with Crippen LogP contribution in [0.15, 0.2) is 12.2 Å². The van der Waals surface area contributed by atoms with E-state index in [1.807, 2.05) is 12.2 Å². The minimum atomic E-state index is -0.626. The minimum absolute atomic E-state index is 0.133. The summed E-state index contributed by atoms with van der Waals surface area (Å²) in [7, 11) is 3.00. The molecular weight excluding hydrogens is 196 g/mol.